The Kier molecular flexibility index (Phi) is 2.96. The fourth-order valence-electron chi connectivity index (χ4n) is 2.35. The van der Waals surface area contributed by atoms with Gasteiger partial charge in [0, 0.05) is 33.1 Å². The fourth-order valence-corrected chi connectivity index (χ4v) is 3.96. The lowest BCUT2D eigenvalue weighted by Gasteiger charge is -2.34. The number of rotatable bonds is 0. The first-order chi connectivity index (χ1) is 7.74. The highest BCUT2D eigenvalue weighted by Crippen LogP contribution is 2.35. The number of halogens is 2. The summed E-state index contributed by atoms with van der Waals surface area (Å²) in [6.45, 7) is 2.18. The van der Waals surface area contributed by atoms with Crippen LogP contribution in [0.1, 0.15) is 24.8 Å². The number of nitrogens with zero attached hydrogens (tertiary/aromatic N) is 2. The lowest BCUT2D eigenvalue weighted by atomic mass is 10.0. The van der Waals surface area contributed by atoms with Crippen molar-refractivity contribution in [2.45, 2.75) is 25.8 Å². The minimum atomic E-state index is 1.02. The molecular weight excluding hydrogens is 379 g/mol. The van der Waals surface area contributed by atoms with E-state index in [9.17, 15) is 0 Å². The molecule has 2 aliphatic rings. The Morgan fingerprint density at radius 1 is 1.31 bits per heavy atom. The van der Waals surface area contributed by atoms with Crippen molar-refractivity contribution < 1.29 is 0 Å². The molecule has 4 heteroatoms. The minimum Gasteiger partial charge on any atom is -0.356 e. The van der Waals surface area contributed by atoms with Crippen LogP contribution < -0.4 is 0 Å². The SMILES string of the molecule is Brc1cc(I)cc2c1CN1CCCCC1=N2. The molecule has 0 aromatic heterocycles. The van der Waals surface area contributed by atoms with Crippen LogP contribution in [0, 0.1) is 3.57 Å². The molecule has 16 heavy (non-hydrogen) atoms. The molecule has 0 aliphatic carbocycles. The van der Waals surface area contributed by atoms with Crippen LogP contribution >= 0.6 is 38.5 Å². The van der Waals surface area contributed by atoms with Gasteiger partial charge < -0.3 is 4.90 Å². The van der Waals surface area contributed by atoms with Crippen molar-refractivity contribution >= 4 is 50.0 Å². The van der Waals surface area contributed by atoms with Gasteiger partial charge >= 0.3 is 0 Å². The van der Waals surface area contributed by atoms with Gasteiger partial charge in [0.1, 0.15) is 5.84 Å². The predicted octanol–water partition coefficient (Wildman–Crippen LogP) is 4.08. The maximum absolute atomic E-state index is 4.80. The molecule has 0 saturated carbocycles. The standard InChI is InChI=1S/C12H12BrIN2/c13-10-5-8(14)6-11-9(10)7-16-4-2-1-3-12(16)15-11/h5-6H,1-4,7H2. The van der Waals surface area contributed by atoms with Gasteiger partial charge in [-0.3, -0.25) is 0 Å². The molecule has 0 radical (unpaired) electrons. The van der Waals surface area contributed by atoms with Gasteiger partial charge in [0.15, 0.2) is 0 Å². The van der Waals surface area contributed by atoms with Crippen LogP contribution in [0.4, 0.5) is 5.69 Å². The Labute approximate surface area is 117 Å². The number of hydrogen-bond acceptors (Lipinski definition) is 2. The van der Waals surface area contributed by atoms with E-state index in [1.807, 2.05) is 0 Å². The van der Waals surface area contributed by atoms with Crippen molar-refractivity contribution in [2.24, 2.45) is 4.99 Å². The second-order valence-electron chi connectivity index (χ2n) is 4.29. The van der Waals surface area contributed by atoms with E-state index in [1.165, 1.54) is 32.3 Å². The number of amidine groups is 1. The second kappa shape index (κ2) is 4.29. The summed E-state index contributed by atoms with van der Waals surface area (Å²) < 4.78 is 2.44. The van der Waals surface area contributed by atoms with Crippen LogP contribution in [-0.2, 0) is 6.54 Å². The molecule has 2 aliphatic heterocycles. The largest absolute Gasteiger partial charge is 0.356 e. The monoisotopic (exact) mass is 390 g/mol. The molecule has 2 nitrogen and oxygen atoms in total. The van der Waals surface area contributed by atoms with E-state index in [0.29, 0.717) is 0 Å². The third-order valence-electron chi connectivity index (χ3n) is 3.18. The van der Waals surface area contributed by atoms with Crippen LogP contribution in [0.25, 0.3) is 0 Å². The quantitative estimate of drug-likeness (QED) is 0.609. The Morgan fingerprint density at radius 3 is 3.06 bits per heavy atom. The summed E-state index contributed by atoms with van der Waals surface area (Å²) in [6.07, 6.45) is 3.73. The summed E-state index contributed by atoms with van der Waals surface area (Å²) >= 11 is 5.99. The molecule has 0 atom stereocenters. The second-order valence-corrected chi connectivity index (χ2v) is 6.39. The summed E-state index contributed by atoms with van der Waals surface area (Å²) in [5, 5.41) is 0. The van der Waals surface area contributed by atoms with Gasteiger partial charge in [-0.2, -0.15) is 0 Å². The van der Waals surface area contributed by atoms with Crippen molar-refractivity contribution in [3.8, 4) is 0 Å². The first kappa shape index (κ1) is 11.0. The van der Waals surface area contributed by atoms with E-state index in [0.717, 1.165) is 25.2 Å². The molecule has 1 aromatic rings. The third-order valence-corrected chi connectivity index (χ3v) is 4.51. The number of hydrogen-bond donors (Lipinski definition) is 0. The van der Waals surface area contributed by atoms with Crippen LogP contribution in [0.3, 0.4) is 0 Å². The summed E-state index contributed by atoms with van der Waals surface area (Å²) in [5.41, 5.74) is 2.50. The van der Waals surface area contributed by atoms with E-state index < -0.39 is 0 Å². The minimum absolute atomic E-state index is 1.02. The van der Waals surface area contributed by atoms with E-state index in [1.54, 1.807) is 0 Å². The number of aliphatic imine (C=N–C) groups is 1. The molecule has 0 spiro atoms. The maximum atomic E-state index is 4.80. The molecule has 2 heterocycles. The average molecular weight is 391 g/mol. The molecular formula is C12H12BrIN2. The first-order valence-electron chi connectivity index (χ1n) is 5.54. The van der Waals surface area contributed by atoms with Crippen molar-refractivity contribution in [1.29, 1.82) is 0 Å². The molecule has 0 N–H and O–H groups in total. The molecule has 84 valence electrons. The zero-order chi connectivity index (χ0) is 11.1. The van der Waals surface area contributed by atoms with Gasteiger partial charge in [-0.1, -0.05) is 15.9 Å². The van der Waals surface area contributed by atoms with Crippen LogP contribution in [-0.4, -0.2) is 17.3 Å². The number of fused-ring (bicyclic) bond motifs is 2. The highest BCUT2D eigenvalue weighted by Gasteiger charge is 2.23. The molecule has 0 amide bonds. The van der Waals surface area contributed by atoms with Gasteiger partial charge in [0.25, 0.3) is 0 Å². The molecule has 0 unspecified atom stereocenters. The van der Waals surface area contributed by atoms with E-state index >= 15 is 0 Å². The predicted molar refractivity (Wildman–Crippen MR) is 78.2 cm³/mol. The Morgan fingerprint density at radius 2 is 2.19 bits per heavy atom. The molecule has 3 rings (SSSR count). The molecule has 1 fully saturated rings. The summed E-state index contributed by atoms with van der Waals surface area (Å²) in [6, 6.07) is 4.35. The van der Waals surface area contributed by atoms with Gasteiger partial charge in [-0.05, 0) is 47.6 Å². The smallest absolute Gasteiger partial charge is 0.105 e. The van der Waals surface area contributed by atoms with Gasteiger partial charge in [0.2, 0.25) is 0 Å². The van der Waals surface area contributed by atoms with Crippen molar-refractivity contribution in [2.75, 3.05) is 6.54 Å². The van der Waals surface area contributed by atoms with E-state index in [4.69, 9.17) is 4.99 Å². The Bertz CT molecular complexity index is 470. The topological polar surface area (TPSA) is 15.6 Å². The molecule has 1 aromatic carbocycles. The number of piperidine rings is 1. The van der Waals surface area contributed by atoms with Crippen LogP contribution in [0.15, 0.2) is 21.6 Å². The maximum Gasteiger partial charge on any atom is 0.105 e. The highest BCUT2D eigenvalue weighted by atomic mass is 127. The highest BCUT2D eigenvalue weighted by molar-refractivity contribution is 14.1. The van der Waals surface area contributed by atoms with Crippen LogP contribution in [0.5, 0.6) is 0 Å². The van der Waals surface area contributed by atoms with Crippen molar-refractivity contribution in [3.63, 3.8) is 0 Å². The van der Waals surface area contributed by atoms with Gasteiger partial charge in [-0.15, -0.1) is 0 Å². The Balaban J connectivity index is 2.09. The lowest BCUT2D eigenvalue weighted by Crippen LogP contribution is -2.36. The zero-order valence-corrected chi connectivity index (χ0v) is 12.6. The van der Waals surface area contributed by atoms with Gasteiger partial charge in [-0.25, -0.2) is 4.99 Å². The summed E-state index contributed by atoms with van der Waals surface area (Å²) in [7, 11) is 0. The number of benzene rings is 1. The lowest BCUT2D eigenvalue weighted by molar-refractivity contribution is 0.358. The van der Waals surface area contributed by atoms with E-state index in [2.05, 4.69) is 55.6 Å². The first-order valence-corrected chi connectivity index (χ1v) is 7.41. The Hall–Kier alpha value is -0.100. The van der Waals surface area contributed by atoms with Crippen LogP contribution in [0.2, 0.25) is 0 Å². The molecule has 0 bridgehead atoms. The average Bonchev–Trinajstić information content (AvgIpc) is 2.27. The normalized spacial score (nSPS) is 18.9. The summed E-state index contributed by atoms with van der Waals surface area (Å²) in [4.78, 5) is 7.22. The molecule has 1 saturated heterocycles. The van der Waals surface area contributed by atoms with E-state index in [-0.39, 0.29) is 0 Å². The summed E-state index contributed by atoms with van der Waals surface area (Å²) in [5.74, 6) is 1.28. The third kappa shape index (κ3) is 1.90. The fraction of sp³-hybridized carbons (Fsp3) is 0.417. The zero-order valence-electron chi connectivity index (χ0n) is 8.84. The van der Waals surface area contributed by atoms with Crippen molar-refractivity contribution in [3.05, 3.63) is 25.7 Å². The van der Waals surface area contributed by atoms with Gasteiger partial charge in [0.05, 0.1) is 5.69 Å². The van der Waals surface area contributed by atoms with Crippen molar-refractivity contribution in [1.82, 2.24) is 4.90 Å².